The van der Waals surface area contributed by atoms with Crippen LogP contribution < -0.4 is 10.1 Å². The number of carbonyl (C=O) groups is 1. The molecule has 0 saturated heterocycles. The molecule has 0 aliphatic rings. The van der Waals surface area contributed by atoms with Crippen LogP contribution in [0.2, 0.25) is 20.1 Å². The van der Waals surface area contributed by atoms with Crippen molar-refractivity contribution >= 4 is 86.7 Å². The minimum absolute atomic E-state index is 0.0848. The maximum absolute atomic E-state index is 12.5. The molecule has 0 atom stereocenters. The van der Waals surface area contributed by atoms with Gasteiger partial charge in [-0.2, -0.15) is 5.26 Å². The predicted molar refractivity (Wildman–Crippen MR) is 139 cm³/mol. The van der Waals surface area contributed by atoms with E-state index in [-0.39, 0.29) is 17.2 Å². The first-order valence-corrected chi connectivity index (χ1v) is 11.6. The fourth-order valence-electron chi connectivity index (χ4n) is 2.62. The van der Waals surface area contributed by atoms with Gasteiger partial charge in [0.15, 0.2) is 0 Å². The number of hydrogen-bond donors (Lipinski definition) is 1. The number of nitrogens with zero attached hydrogens (tertiary/aromatic N) is 1. The van der Waals surface area contributed by atoms with Crippen LogP contribution in [0.5, 0.6) is 5.75 Å². The van der Waals surface area contributed by atoms with E-state index in [1.54, 1.807) is 54.6 Å². The molecule has 9 heteroatoms. The molecule has 0 aromatic heterocycles. The third kappa shape index (κ3) is 6.31. The van der Waals surface area contributed by atoms with E-state index in [1.807, 2.05) is 6.07 Å². The van der Waals surface area contributed by atoms with Gasteiger partial charge in [0.25, 0.3) is 5.91 Å². The first-order chi connectivity index (χ1) is 15.3. The first-order valence-electron chi connectivity index (χ1n) is 9.02. The Balaban J connectivity index is 1.74. The molecule has 1 N–H and O–H groups in total. The van der Waals surface area contributed by atoms with Gasteiger partial charge in [-0.1, -0.05) is 64.6 Å². The van der Waals surface area contributed by atoms with Crippen molar-refractivity contribution in [1.82, 2.24) is 0 Å². The Morgan fingerprint density at radius 2 is 1.84 bits per heavy atom. The molecule has 0 spiro atoms. The van der Waals surface area contributed by atoms with Crippen LogP contribution in [0.1, 0.15) is 11.1 Å². The maximum Gasteiger partial charge on any atom is 0.266 e. The summed E-state index contributed by atoms with van der Waals surface area (Å²) in [5.74, 6) is 0.0480. The Morgan fingerprint density at radius 1 is 1.06 bits per heavy atom. The largest absolute Gasteiger partial charge is 0.488 e. The fraction of sp³-hybridized carbons (Fsp3) is 0.0435. The van der Waals surface area contributed by atoms with Gasteiger partial charge in [-0.25, -0.2) is 0 Å². The maximum atomic E-state index is 12.5. The number of benzene rings is 3. The number of carbonyl (C=O) groups excluding carboxylic acids is 1. The molecule has 3 aromatic carbocycles. The SMILES string of the molecule is N#C/C(=C/c1ccc(OCc2ccc(Cl)cc2Cl)c(I)c1)C(=O)Nc1cccc(Cl)c1Cl. The van der Waals surface area contributed by atoms with Crippen molar-refractivity contribution in [1.29, 1.82) is 5.26 Å². The molecule has 0 fully saturated rings. The highest BCUT2D eigenvalue weighted by Crippen LogP contribution is 2.30. The molecule has 0 aliphatic heterocycles. The fourth-order valence-corrected chi connectivity index (χ4v) is 4.13. The Morgan fingerprint density at radius 3 is 2.53 bits per heavy atom. The second kappa shape index (κ2) is 11.3. The third-order valence-electron chi connectivity index (χ3n) is 4.23. The molecule has 32 heavy (non-hydrogen) atoms. The normalized spacial score (nSPS) is 11.1. The third-order valence-corrected chi connectivity index (χ3v) is 6.48. The van der Waals surface area contributed by atoms with Gasteiger partial charge >= 0.3 is 0 Å². The number of halogens is 5. The molecule has 0 radical (unpaired) electrons. The lowest BCUT2D eigenvalue weighted by Gasteiger charge is -2.11. The molecule has 0 saturated carbocycles. The van der Waals surface area contributed by atoms with Crippen LogP contribution in [0.25, 0.3) is 6.08 Å². The minimum atomic E-state index is -0.593. The van der Waals surface area contributed by atoms with Gasteiger partial charge in [-0.15, -0.1) is 0 Å². The van der Waals surface area contributed by atoms with Crippen LogP contribution in [0.3, 0.4) is 0 Å². The lowest BCUT2D eigenvalue weighted by atomic mass is 10.1. The molecule has 3 rings (SSSR count). The van der Waals surface area contributed by atoms with Gasteiger partial charge in [0.2, 0.25) is 0 Å². The molecule has 1 amide bonds. The summed E-state index contributed by atoms with van der Waals surface area (Å²) in [5.41, 5.74) is 1.71. The molecule has 0 unspecified atom stereocenters. The molecular weight excluding hydrogens is 605 g/mol. The van der Waals surface area contributed by atoms with Gasteiger partial charge in [0, 0.05) is 15.6 Å². The first kappa shape index (κ1) is 24.7. The molecular formula is C23H13Cl4IN2O2. The van der Waals surface area contributed by atoms with E-state index in [1.165, 1.54) is 6.08 Å². The van der Waals surface area contributed by atoms with Crippen LogP contribution in [-0.2, 0) is 11.4 Å². The molecule has 0 aliphatic carbocycles. The minimum Gasteiger partial charge on any atom is -0.488 e. The van der Waals surface area contributed by atoms with Crippen LogP contribution in [0.4, 0.5) is 5.69 Å². The standard InChI is InChI=1S/C23H13Cl4IN2O2/c24-16-6-5-14(18(26)10-16)12-32-21-7-4-13(9-19(21)28)8-15(11-29)23(31)30-20-3-1-2-17(25)22(20)27/h1-10H,12H2,(H,30,31)/b15-8-. The van der Waals surface area contributed by atoms with Crippen molar-refractivity contribution in [2.75, 3.05) is 5.32 Å². The molecule has 0 bridgehead atoms. The lowest BCUT2D eigenvalue weighted by Crippen LogP contribution is -2.13. The zero-order chi connectivity index (χ0) is 23.3. The number of anilines is 1. The number of ether oxygens (including phenoxy) is 1. The highest BCUT2D eigenvalue weighted by molar-refractivity contribution is 14.1. The average molecular weight is 618 g/mol. The van der Waals surface area contributed by atoms with Gasteiger partial charge < -0.3 is 10.1 Å². The van der Waals surface area contributed by atoms with E-state index in [0.717, 1.165) is 9.13 Å². The van der Waals surface area contributed by atoms with Gasteiger partial charge in [-0.3, -0.25) is 4.79 Å². The summed E-state index contributed by atoms with van der Waals surface area (Å²) in [7, 11) is 0. The summed E-state index contributed by atoms with van der Waals surface area (Å²) in [6.45, 7) is 0.271. The number of rotatable bonds is 6. The second-order valence-electron chi connectivity index (χ2n) is 6.44. The van der Waals surface area contributed by atoms with E-state index in [4.69, 9.17) is 51.1 Å². The van der Waals surface area contributed by atoms with Crippen molar-refractivity contribution < 1.29 is 9.53 Å². The second-order valence-corrected chi connectivity index (χ2v) is 9.23. The Kier molecular flexibility index (Phi) is 8.69. The molecule has 4 nitrogen and oxygen atoms in total. The van der Waals surface area contributed by atoms with Crippen molar-refractivity contribution in [2.24, 2.45) is 0 Å². The number of amides is 1. The van der Waals surface area contributed by atoms with E-state index in [2.05, 4.69) is 27.9 Å². The summed E-state index contributed by atoms with van der Waals surface area (Å²) < 4.78 is 6.66. The highest BCUT2D eigenvalue weighted by atomic mass is 127. The summed E-state index contributed by atoms with van der Waals surface area (Å²) in [4.78, 5) is 12.5. The number of nitrogens with one attached hydrogen (secondary N) is 1. The lowest BCUT2D eigenvalue weighted by molar-refractivity contribution is -0.112. The van der Waals surface area contributed by atoms with Gasteiger partial charge in [0.05, 0.1) is 19.3 Å². The van der Waals surface area contributed by atoms with Gasteiger partial charge in [0.1, 0.15) is 24.0 Å². The zero-order valence-electron chi connectivity index (χ0n) is 16.1. The van der Waals surface area contributed by atoms with E-state index in [0.29, 0.717) is 32.1 Å². The van der Waals surface area contributed by atoms with E-state index < -0.39 is 5.91 Å². The smallest absolute Gasteiger partial charge is 0.266 e. The van der Waals surface area contributed by atoms with Crippen LogP contribution >= 0.6 is 69.0 Å². The van der Waals surface area contributed by atoms with E-state index in [9.17, 15) is 10.1 Å². The average Bonchev–Trinajstić information content (AvgIpc) is 2.75. The van der Waals surface area contributed by atoms with Crippen LogP contribution in [-0.4, -0.2) is 5.91 Å². The number of nitriles is 1. The summed E-state index contributed by atoms with van der Waals surface area (Å²) in [5, 5.41) is 13.6. The summed E-state index contributed by atoms with van der Waals surface area (Å²) in [6.07, 6.45) is 1.48. The summed E-state index contributed by atoms with van der Waals surface area (Å²) >= 11 is 26.3. The Hall–Kier alpha value is -1.95. The molecule has 0 heterocycles. The van der Waals surface area contributed by atoms with Crippen LogP contribution in [0.15, 0.2) is 60.2 Å². The Bertz CT molecular complexity index is 1260. The van der Waals surface area contributed by atoms with Crippen molar-refractivity contribution in [3.8, 4) is 11.8 Å². The Labute approximate surface area is 218 Å². The number of hydrogen-bond acceptors (Lipinski definition) is 3. The molecule has 3 aromatic rings. The molecule has 162 valence electrons. The summed E-state index contributed by atoms with van der Waals surface area (Å²) in [6, 6.07) is 17.3. The van der Waals surface area contributed by atoms with Crippen LogP contribution in [0, 0.1) is 14.9 Å². The van der Waals surface area contributed by atoms with Gasteiger partial charge in [-0.05, 0) is 70.6 Å². The predicted octanol–water partition coefficient (Wildman–Crippen LogP) is 8.03. The van der Waals surface area contributed by atoms with Crippen molar-refractivity contribution in [3.63, 3.8) is 0 Å². The van der Waals surface area contributed by atoms with Crippen molar-refractivity contribution in [3.05, 3.63) is 95.0 Å². The highest BCUT2D eigenvalue weighted by Gasteiger charge is 2.13. The monoisotopic (exact) mass is 616 g/mol. The quantitative estimate of drug-likeness (QED) is 0.173. The van der Waals surface area contributed by atoms with E-state index >= 15 is 0 Å². The topological polar surface area (TPSA) is 62.1 Å². The van der Waals surface area contributed by atoms with Crippen molar-refractivity contribution in [2.45, 2.75) is 6.61 Å². The zero-order valence-corrected chi connectivity index (χ0v) is 21.3.